The van der Waals surface area contributed by atoms with Gasteiger partial charge in [0.2, 0.25) is 0 Å². The van der Waals surface area contributed by atoms with E-state index in [9.17, 15) is 9.90 Å². The number of terminal acetylenes is 2. The molecule has 6 atom stereocenters. The van der Waals surface area contributed by atoms with Gasteiger partial charge in [0, 0.05) is 22.7 Å². The number of carbonyl (C=O) groups is 1. The van der Waals surface area contributed by atoms with Crippen molar-refractivity contribution in [2.24, 2.45) is 47.3 Å². The summed E-state index contributed by atoms with van der Waals surface area (Å²) in [4.78, 5) is 12.4. The number of aromatic carboxylic acids is 1. The van der Waals surface area contributed by atoms with Gasteiger partial charge >= 0.3 is 5.97 Å². The number of rotatable bonds is 3. The molecule has 8 fully saturated rings. The predicted octanol–water partition coefficient (Wildman–Crippen LogP) is 6.04. The zero-order chi connectivity index (χ0) is 22.5. The third kappa shape index (κ3) is 2.62. The second-order valence-electron chi connectivity index (χ2n) is 12.9. The van der Waals surface area contributed by atoms with Crippen LogP contribution in [0.1, 0.15) is 85.7 Å². The lowest BCUT2D eigenvalue weighted by atomic mass is 9.42. The van der Waals surface area contributed by atoms with Crippen molar-refractivity contribution in [1.82, 2.24) is 0 Å². The molecule has 0 heterocycles. The van der Waals surface area contributed by atoms with Crippen LogP contribution in [0.4, 0.5) is 0 Å². The molecule has 6 unspecified atom stereocenters. The van der Waals surface area contributed by atoms with Gasteiger partial charge in [0.05, 0.1) is 5.56 Å². The Balaban J connectivity index is 1.41. The van der Waals surface area contributed by atoms with Crippen LogP contribution in [-0.4, -0.2) is 11.1 Å². The van der Waals surface area contributed by atoms with Crippen molar-refractivity contribution >= 4 is 5.97 Å². The molecule has 1 aromatic carbocycles. The van der Waals surface area contributed by atoms with Gasteiger partial charge in [0.15, 0.2) is 0 Å². The van der Waals surface area contributed by atoms with Crippen molar-refractivity contribution in [3.05, 3.63) is 34.9 Å². The summed E-state index contributed by atoms with van der Waals surface area (Å²) in [5.41, 5.74) is 2.81. The molecule has 1 N–H and O–H groups in total. The first-order valence-corrected chi connectivity index (χ1v) is 13.3. The molecule has 0 saturated heterocycles. The van der Waals surface area contributed by atoms with E-state index in [2.05, 4.69) is 17.9 Å². The summed E-state index contributed by atoms with van der Waals surface area (Å²) < 4.78 is 0. The Labute approximate surface area is 197 Å². The lowest BCUT2D eigenvalue weighted by Gasteiger charge is -2.61. The zero-order valence-electron chi connectivity index (χ0n) is 19.4. The van der Waals surface area contributed by atoms with E-state index in [-0.39, 0.29) is 22.7 Å². The summed E-state index contributed by atoms with van der Waals surface area (Å²) >= 11 is 0. The van der Waals surface area contributed by atoms with Crippen LogP contribution in [0.25, 0.3) is 0 Å². The van der Waals surface area contributed by atoms with Gasteiger partial charge in [-0.15, -0.1) is 24.7 Å². The molecule has 8 saturated carbocycles. The minimum atomic E-state index is -0.818. The first-order valence-electron chi connectivity index (χ1n) is 13.3. The molecule has 0 spiro atoms. The number of carboxylic acid groups (broad SMARTS) is 1. The van der Waals surface area contributed by atoms with Crippen LogP contribution >= 0.6 is 0 Å². The maximum atomic E-state index is 12.4. The number of hydrogen-bond acceptors (Lipinski definition) is 1. The van der Waals surface area contributed by atoms with E-state index in [0.717, 1.165) is 49.4 Å². The molecule has 8 aliphatic rings. The van der Waals surface area contributed by atoms with Crippen molar-refractivity contribution in [1.29, 1.82) is 0 Å². The Morgan fingerprint density at radius 3 is 1.45 bits per heavy atom. The Kier molecular flexibility index (Phi) is 4.10. The van der Waals surface area contributed by atoms with Crippen LogP contribution in [0.2, 0.25) is 0 Å². The fourth-order valence-electron chi connectivity index (χ4n) is 10.8. The van der Waals surface area contributed by atoms with Crippen molar-refractivity contribution in [2.75, 3.05) is 0 Å². The topological polar surface area (TPSA) is 37.3 Å². The summed E-state index contributed by atoms with van der Waals surface area (Å²) in [5, 5.41) is 10.2. The van der Waals surface area contributed by atoms with E-state index in [1.54, 1.807) is 0 Å². The molecule has 9 rings (SSSR count). The summed E-state index contributed by atoms with van der Waals surface area (Å²) in [6, 6.07) is 6.41. The number of carboxylic acids is 1. The van der Waals surface area contributed by atoms with E-state index in [0.29, 0.717) is 17.4 Å². The van der Waals surface area contributed by atoms with E-state index in [4.69, 9.17) is 12.8 Å². The molecule has 8 bridgehead atoms. The van der Waals surface area contributed by atoms with E-state index in [1.165, 1.54) is 49.7 Å². The van der Waals surface area contributed by atoms with Crippen LogP contribution in [-0.2, 0) is 10.8 Å². The van der Waals surface area contributed by atoms with Gasteiger partial charge < -0.3 is 5.11 Å². The monoisotopic (exact) mass is 438 g/mol. The van der Waals surface area contributed by atoms with Crippen LogP contribution in [0.5, 0.6) is 0 Å². The average molecular weight is 439 g/mol. The molecule has 2 nitrogen and oxygen atoms in total. The molecule has 0 radical (unpaired) electrons. The highest BCUT2D eigenvalue weighted by molar-refractivity contribution is 5.88. The summed E-state index contributed by atoms with van der Waals surface area (Å²) in [5.74, 6) is 10.3. The van der Waals surface area contributed by atoms with Gasteiger partial charge in [-0.3, -0.25) is 0 Å². The third-order valence-corrected chi connectivity index (χ3v) is 11.3. The second kappa shape index (κ2) is 6.69. The Morgan fingerprint density at radius 2 is 1.12 bits per heavy atom. The van der Waals surface area contributed by atoms with Crippen molar-refractivity contribution in [2.45, 2.75) is 75.0 Å². The third-order valence-electron chi connectivity index (χ3n) is 11.3. The van der Waals surface area contributed by atoms with Gasteiger partial charge in [-0.05, 0) is 123 Å². The van der Waals surface area contributed by atoms with Crippen LogP contribution in [0.15, 0.2) is 18.2 Å². The van der Waals surface area contributed by atoms with Crippen LogP contribution < -0.4 is 0 Å². The van der Waals surface area contributed by atoms with E-state index >= 15 is 0 Å². The van der Waals surface area contributed by atoms with Gasteiger partial charge in [-0.1, -0.05) is 6.07 Å². The second-order valence-corrected chi connectivity index (χ2v) is 12.9. The zero-order valence-corrected chi connectivity index (χ0v) is 19.4. The molecular weight excluding hydrogens is 404 g/mol. The number of hydrogen-bond donors (Lipinski definition) is 1. The van der Waals surface area contributed by atoms with Crippen LogP contribution in [0.3, 0.4) is 0 Å². The maximum Gasteiger partial charge on any atom is 0.335 e. The molecule has 0 amide bonds. The lowest BCUT2D eigenvalue weighted by molar-refractivity contribution is -0.0410. The summed E-state index contributed by atoms with van der Waals surface area (Å²) in [6.45, 7) is 0. The van der Waals surface area contributed by atoms with Gasteiger partial charge in [-0.25, -0.2) is 4.79 Å². The molecule has 0 aliphatic heterocycles. The van der Waals surface area contributed by atoms with Crippen molar-refractivity contribution in [3.63, 3.8) is 0 Å². The van der Waals surface area contributed by atoms with Crippen molar-refractivity contribution in [3.8, 4) is 24.7 Å². The van der Waals surface area contributed by atoms with Gasteiger partial charge in [0.25, 0.3) is 0 Å². The SMILES string of the molecule is C#CC1C2CC3CC(C2)CC1(c1cc(C(=O)O)cc(C24CC5CC(CC(C5)C2C#C)C4)c1)C3. The highest BCUT2D eigenvalue weighted by Gasteiger charge is 2.59. The summed E-state index contributed by atoms with van der Waals surface area (Å²) in [6.07, 6.45) is 24.7. The number of benzene rings is 1. The molecule has 0 aromatic heterocycles. The first kappa shape index (κ1) is 20.2. The molecule has 2 heteroatoms. The quantitative estimate of drug-likeness (QED) is 0.584. The fraction of sp³-hybridized carbons (Fsp3) is 0.645. The van der Waals surface area contributed by atoms with Crippen LogP contribution in [0, 0.1) is 72.0 Å². The Bertz CT molecular complexity index is 1010. The van der Waals surface area contributed by atoms with E-state index < -0.39 is 5.97 Å². The average Bonchev–Trinajstić information content (AvgIpc) is 2.78. The Morgan fingerprint density at radius 1 is 0.727 bits per heavy atom. The van der Waals surface area contributed by atoms with E-state index in [1.807, 2.05) is 12.1 Å². The van der Waals surface area contributed by atoms with Gasteiger partial charge in [0.1, 0.15) is 0 Å². The maximum absolute atomic E-state index is 12.4. The normalized spacial score (nSPS) is 48.4. The summed E-state index contributed by atoms with van der Waals surface area (Å²) in [7, 11) is 0. The molecular formula is C31H34O2. The molecule has 170 valence electrons. The highest BCUT2D eigenvalue weighted by Crippen LogP contribution is 2.66. The predicted molar refractivity (Wildman–Crippen MR) is 129 cm³/mol. The molecule has 1 aromatic rings. The largest absolute Gasteiger partial charge is 0.478 e. The molecule has 33 heavy (non-hydrogen) atoms. The van der Waals surface area contributed by atoms with Gasteiger partial charge in [-0.2, -0.15) is 0 Å². The highest BCUT2D eigenvalue weighted by atomic mass is 16.4. The standard InChI is InChI=1S/C31H34O2/c1-3-27-22-7-18-5-19(8-22)15-30(27,14-18)25-11-24(29(32)33)12-26(13-25)31-16-20-6-21(17-31)10-23(9-20)28(31)4-2/h1-2,11-13,18-23,27-28H,5-10,14-17H2,(H,32,33). The fourth-order valence-corrected chi connectivity index (χ4v) is 10.8. The smallest absolute Gasteiger partial charge is 0.335 e. The van der Waals surface area contributed by atoms with Crippen molar-refractivity contribution < 1.29 is 9.90 Å². The molecule has 8 aliphatic carbocycles. The minimum Gasteiger partial charge on any atom is -0.478 e. The Hall–Kier alpha value is -2.19. The lowest BCUT2D eigenvalue weighted by Crippen LogP contribution is -2.56. The minimum absolute atomic E-state index is 0.0440. The first-order chi connectivity index (χ1) is 15.9.